The Morgan fingerprint density at radius 3 is 2.12 bits per heavy atom. The lowest BCUT2D eigenvalue weighted by Gasteiger charge is -2.20. The number of primary amides is 1. The first-order valence-corrected chi connectivity index (χ1v) is 5.46. The zero-order chi connectivity index (χ0) is 13.4. The Morgan fingerprint density at radius 1 is 1.38 bits per heavy atom. The molecule has 0 spiro atoms. The molecule has 0 fully saturated rings. The molecule has 0 aromatic rings. The summed E-state index contributed by atoms with van der Waals surface area (Å²) in [6.45, 7) is 8.36. The van der Waals surface area contributed by atoms with E-state index in [9.17, 15) is 14.7 Å². The van der Waals surface area contributed by atoms with Gasteiger partial charge in [-0.15, -0.1) is 0 Å². The van der Waals surface area contributed by atoms with Gasteiger partial charge in [0.2, 0.25) is 11.7 Å². The first-order chi connectivity index (χ1) is 7.22. The van der Waals surface area contributed by atoms with Crippen molar-refractivity contribution in [2.24, 2.45) is 11.7 Å². The Hall–Kier alpha value is -1.10. The molecular weight excluding hydrogens is 210 g/mol. The summed E-state index contributed by atoms with van der Waals surface area (Å²) in [5, 5.41) is 9.18. The van der Waals surface area contributed by atoms with E-state index in [1.54, 1.807) is 6.92 Å². The molecule has 0 saturated carbocycles. The van der Waals surface area contributed by atoms with E-state index in [0.29, 0.717) is 6.42 Å². The zero-order valence-electron chi connectivity index (χ0n) is 10.7. The molecule has 0 aliphatic heterocycles. The van der Waals surface area contributed by atoms with Crippen molar-refractivity contribution < 1.29 is 19.4 Å². The number of carbonyl (C=O) groups is 2. The second kappa shape index (κ2) is 8.10. The maximum atomic E-state index is 11.2. The van der Waals surface area contributed by atoms with E-state index < -0.39 is 23.6 Å². The molecule has 5 nitrogen and oxygen atoms in total. The maximum Gasteiger partial charge on any atom is 0.311 e. The van der Waals surface area contributed by atoms with Crippen molar-refractivity contribution in [1.82, 2.24) is 0 Å². The third-order valence-electron chi connectivity index (χ3n) is 1.58. The fraction of sp³-hybridized carbons (Fsp3) is 0.818. The maximum absolute atomic E-state index is 11.2. The van der Waals surface area contributed by atoms with Gasteiger partial charge in [-0.1, -0.05) is 20.8 Å². The molecular formula is C11H23NO4. The molecule has 5 heteroatoms. The third kappa shape index (κ3) is 11.0. The van der Waals surface area contributed by atoms with Crippen LogP contribution in [0.15, 0.2) is 0 Å². The van der Waals surface area contributed by atoms with Gasteiger partial charge in [0.05, 0.1) is 5.92 Å². The van der Waals surface area contributed by atoms with Crippen LogP contribution in [0.4, 0.5) is 0 Å². The molecule has 0 aromatic heterocycles. The minimum Gasteiger partial charge on any atom is -0.434 e. The molecule has 0 heterocycles. The van der Waals surface area contributed by atoms with E-state index in [0.717, 1.165) is 0 Å². The average Bonchev–Trinajstić information content (AvgIpc) is 2.14. The van der Waals surface area contributed by atoms with Crippen LogP contribution in [-0.4, -0.2) is 22.8 Å². The second-order valence-electron chi connectivity index (χ2n) is 3.77. The number of aliphatic hydroxyl groups is 1. The zero-order valence-corrected chi connectivity index (χ0v) is 10.7. The van der Waals surface area contributed by atoms with Crippen molar-refractivity contribution >= 4 is 11.9 Å². The number of hydrogen-bond donors (Lipinski definition) is 2. The predicted octanol–water partition coefficient (Wildman–Crippen LogP) is 1.19. The number of rotatable bonds is 5. The van der Waals surface area contributed by atoms with Crippen LogP contribution >= 0.6 is 0 Å². The molecule has 0 aliphatic rings. The van der Waals surface area contributed by atoms with Gasteiger partial charge >= 0.3 is 5.97 Å². The van der Waals surface area contributed by atoms with Crippen LogP contribution in [0.3, 0.4) is 0 Å². The Morgan fingerprint density at radius 2 is 1.81 bits per heavy atom. The highest BCUT2D eigenvalue weighted by atomic mass is 16.7. The number of amides is 1. The Bertz CT molecular complexity index is 221. The van der Waals surface area contributed by atoms with Crippen molar-refractivity contribution in [3.05, 3.63) is 0 Å². The number of carbonyl (C=O) groups excluding carboxylic acids is 2. The van der Waals surface area contributed by atoms with E-state index in [1.807, 2.05) is 13.8 Å². The largest absolute Gasteiger partial charge is 0.434 e. The second-order valence-corrected chi connectivity index (χ2v) is 3.77. The summed E-state index contributed by atoms with van der Waals surface area (Å²) in [6.07, 6.45) is 0.479. The van der Waals surface area contributed by atoms with Gasteiger partial charge in [0.1, 0.15) is 0 Å². The molecule has 0 aliphatic carbocycles. The highest BCUT2D eigenvalue weighted by Crippen LogP contribution is 2.12. The lowest BCUT2D eigenvalue weighted by Crippen LogP contribution is -2.30. The number of nitrogens with two attached hydrogens (primary N) is 1. The van der Waals surface area contributed by atoms with Gasteiger partial charge in [-0.2, -0.15) is 0 Å². The lowest BCUT2D eigenvalue weighted by atomic mass is 10.1. The topological polar surface area (TPSA) is 89.6 Å². The summed E-state index contributed by atoms with van der Waals surface area (Å²) in [5.74, 6) is -2.89. The molecule has 96 valence electrons. The van der Waals surface area contributed by atoms with Gasteiger partial charge in [-0.25, -0.2) is 0 Å². The SMILES string of the molecule is CC.C[C@@H](CCC(N)=O)C(=O)OC(C)(C)O. The van der Waals surface area contributed by atoms with Crippen molar-refractivity contribution in [3.8, 4) is 0 Å². The van der Waals surface area contributed by atoms with Crippen LogP contribution in [0.5, 0.6) is 0 Å². The first kappa shape index (κ1) is 17.3. The normalized spacial score (nSPS) is 12.1. The molecule has 0 bridgehead atoms. The fourth-order valence-electron chi connectivity index (χ4n) is 0.823. The van der Waals surface area contributed by atoms with Crippen LogP contribution in [0, 0.1) is 5.92 Å². The van der Waals surface area contributed by atoms with E-state index in [2.05, 4.69) is 0 Å². The Labute approximate surface area is 97.0 Å². The van der Waals surface area contributed by atoms with Gasteiger partial charge in [0.25, 0.3) is 0 Å². The molecule has 0 aromatic carbocycles. The summed E-state index contributed by atoms with van der Waals surface area (Å²) in [6, 6.07) is 0. The van der Waals surface area contributed by atoms with Gasteiger partial charge in [-0.05, 0) is 6.42 Å². The van der Waals surface area contributed by atoms with Gasteiger partial charge in [0, 0.05) is 20.3 Å². The van der Waals surface area contributed by atoms with E-state index >= 15 is 0 Å². The molecule has 0 radical (unpaired) electrons. The summed E-state index contributed by atoms with van der Waals surface area (Å²) < 4.78 is 4.70. The minimum atomic E-state index is -1.47. The number of ether oxygens (including phenoxy) is 1. The summed E-state index contributed by atoms with van der Waals surface area (Å²) in [4.78, 5) is 21.7. The van der Waals surface area contributed by atoms with Gasteiger partial charge in [-0.3, -0.25) is 9.59 Å². The van der Waals surface area contributed by atoms with Gasteiger partial charge < -0.3 is 15.6 Å². The molecule has 0 rings (SSSR count). The molecule has 16 heavy (non-hydrogen) atoms. The minimum absolute atomic E-state index is 0.141. The van der Waals surface area contributed by atoms with Crippen molar-refractivity contribution in [2.75, 3.05) is 0 Å². The van der Waals surface area contributed by atoms with Crippen LogP contribution < -0.4 is 5.73 Å². The summed E-state index contributed by atoms with van der Waals surface area (Å²) in [7, 11) is 0. The van der Waals surface area contributed by atoms with Gasteiger partial charge in [0.15, 0.2) is 0 Å². The highest BCUT2D eigenvalue weighted by Gasteiger charge is 2.23. The summed E-state index contributed by atoms with van der Waals surface area (Å²) >= 11 is 0. The Kier molecular flexibility index (Phi) is 8.76. The molecule has 1 atom stereocenters. The van der Waals surface area contributed by atoms with Crippen LogP contribution in [0.1, 0.15) is 47.5 Å². The fourth-order valence-corrected chi connectivity index (χ4v) is 0.823. The Balaban J connectivity index is 0. The van der Waals surface area contributed by atoms with Crippen molar-refractivity contribution in [1.29, 1.82) is 0 Å². The smallest absolute Gasteiger partial charge is 0.311 e. The quantitative estimate of drug-likeness (QED) is 0.551. The molecule has 3 N–H and O–H groups in total. The van der Waals surface area contributed by atoms with E-state index in [1.165, 1.54) is 13.8 Å². The predicted molar refractivity (Wildman–Crippen MR) is 61.3 cm³/mol. The average molecular weight is 233 g/mol. The highest BCUT2D eigenvalue weighted by molar-refractivity contribution is 5.76. The van der Waals surface area contributed by atoms with E-state index in [4.69, 9.17) is 10.5 Å². The standard InChI is InChI=1S/C9H17NO4.C2H6/c1-6(4-5-7(10)11)8(12)14-9(2,3)13;1-2/h6,13H,4-5H2,1-3H3,(H2,10,11);1-2H3/t6-;/m0./s1. The number of esters is 1. The van der Waals surface area contributed by atoms with Crippen LogP contribution in [0.25, 0.3) is 0 Å². The monoisotopic (exact) mass is 233 g/mol. The van der Waals surface area contributed by atoms with Crippen molar-refractivity contribution in [2.45, 2.75) is 53.2 Å². The number of hydrogen-bond acceptors (Lipinski definition) is 4. The molecule has 0 unspecified atom stereocenters. The van der Waals surface area contributed by atoms with Crippen molar-refractivity contribution in [3.63, 3.8) is 0 Å². The lowest BCUT2D eigenvalue weighted by molar-refractivity contribution is -0.199. The summed E-state index contributed by atoms with van der Waals surface area (Å²) in [5.41, 5.74) is 4.93. The van der Waals surface area contributed by atoms with Crippen LogP contribution in [0.2, 0.25) is 0 Å². The molecule has 1 amide bonds. The molecule has 0 saturated heterocycles. The third-order valence-corrected chi connectivity index (χ3v) is 1.58. The first-order valence-electron chi connectivity index (χ1n) is 5.46. The van der Waals surface area contributed by atoms with Crippen LogP contribution in [-0.2, 0) is 14.3 Å². The van der Waals surface area contributed by atoms with E-state index in [-0.39, 0.29) is 6.42 Å².